The molecule has 2 atom stereocenters. The van der Waals surface area contributed by atoms with E-state index in [1.165, 1.54) is 13.8 Å². The number of rotatable bonds is 3. The van der Waals surface area contributed by atoms with Crippen molar-refractivity contribution >= 4 is 11.9 Å². The van der Waals surface area contributed by atoms with Gasteiger partial charge in [0.15, 0.2) is 0 Å². The first kappa shape index (κ1) is 17.1. The van der Waals surface area contributed by atoms with Crippen LogP contribution in [0.4, 0.5) is 0 Å². The maximum atomic E-state index is 10.2. The molecule has 0 amide bonds. The molecule has 0 spiro atoms. The van der Waals surface area contributed by atoms with Crippen LogP contribution >= 0.6 is 0 Å². The SMILES string of the molecule is C.C.CC(C(=O)O)C(C)C(=O)O. The van der Waals surface area contributed by atoms with Gasteiger partial charge in [-0.05, 0) is 0 Å². The lowest BCUT2D eigenvalue weighted by Gasteiger charge is -2.09. The van der Waals surface area contributed by atoms with Crippen molar-refractivity contribution in [3.05, 3.63) is 0 Å². The lowest BCUT2D eigenvalue weighted by molar-refractivity contribution is -0.152. The first-order valence-corrected chi connectivity index (χ1v) is 2.92. The van der Waals surface area contributed by atoms with Crippen molar-refractivity contribution in [2.24, 2.45) is 11.8 Å². The highest BCUT2D eigenvalue weighted by atomic mass is 16.4. The molecule has 2 unspecified atom stereocenters. The Morgan fingerprint density at radius 1 is 0.917 bits per heavy atom. The smallest absolute Gasteiger partial charge is 0.307 e. The molecule has 0 aromatic carbocycles. The molecular weight excluding hydrogens is 160 g/mol. The Morgan fingerprint density at radius 2 is 1.08 bits per heavy atom. The highest BCUT2D eigenvalue weighted by Crippen LogP contribution is 2.10. The summed E-state index contributed by atoms with van der Waals surface area (Å²) in [6.45, 7) is 2.75. The second-order valence-electron chi connectivity index (χ2n) is 2.25. The van der Waals surface area contributed by atoms with Crippen LogP contribution in [0, 0.1) is 11.8 Å². The van der Waals surface area contributed by atoms with E-state index in [0.717, 1.165) is 0 Å². The predicted octanol–water partition coefficient (Wildman–Crippen LogP) is 1.70. The largest absolute Gasteiger partial charge is 0.481 e. The van der Waals surface area contributed by atoms with E-state index in [1.807, 2.05) is 0 Å². The van der Waals surface area contributed by atoms with E-state index in [9.17, 15) is 9.59 Å². The fourth-order valence-electron chi connectivity index (χ4n) is 0.428. The number of carboxylic acid groups (broad SMARTS) is 2. The summed E-state index contributed by atoms with van der Waals surface area (Å²) in [6, 6.07) is 0. The Labute approximate surface area is 73.2 Å². The Kier molecular flexibility index (Phi) is 9.48. The van der Waals surface area contributed by atoms with E-state index in [0.29, 0.717) is 0 Å². The minimum Gasteiger partial charge on any atom is -0.481 e. The zero-order valence-electron chi connectivity index (χ0n) is 5.87. The average Bonchev–Trinajstić information content (AvgIpc) is 1.84. The fourth-order valence-corrected chi connectivity index (χ4v) is 0.428. The summed E-state index contributed by atoms with van der Waals surface area (Å²) < 4.78 is 0. The van der Waals surface area contributed by atoms with E-state index in [-0.39, 0.29) is 14.9 Å². The molecule has 0 aliphatic rings. The van der Waals surface area contributed by atoms with Gasteiger partial charge in [0.05, 0.1) is 11.8 Å². The minimum absolute atomic E-state index is 0. The fraction of sp³-hybridized carbons (Fsp3) is 0.750. The molecule has 0 aliphatic heterocycles. The van der Waals surface area contributed by atoms with Crippen molar-refractivity contribution in [3.63, 3.8) is 0 Å². The van der Waals surface area contributed by atoms with Crippen LogP contribution in [0.5, 0.6) is 0 Å². The molecule has 0 radical (unpaired) electrons. The van der Waals surface area contributed by atoms with Crippen LogP contribution in [-0.4, -0.2) is 22.2 Å². The highest BCUT2D eigenvalue weighted by molar-refractivity contribution is 5.79. The van der Waals surface area contributed by atoms with Gasteiger partial charge in [0.2, 0.25) is 0 Å². The Morgan fingerprint density at radius 3 is 1.17 bits per heavy atom. The van der Waals surface area contributed by atoms with Gasteiger partial charge in [0.25, 0.3) is 0 Å². The number of carbonyl (C=O) groups is 2. The van der Waals surface area contributed by atoms with Gasteiger partial charge in [-0.2, -0.15) is 0 Å². The summed E-state index contributed by atoms with van der Waals surface area (Å²) in [5.74, 6) is -3.79. The van der Waals surface area contributed by atoms with Crippen LogP contribution in [0.2, 0.25) is 0 Å². The van der Waals surface area contributed by atoms with Crippen molar-refractivity contribution in [3.8, 4) is 0 Å². The quantitative estimate of drug-likeness (QED) is 0.689. The minimum atomic E-state index is -1.07. The molecule has 0 rings (SSSR count). The first-order chi connectivity index (χ1) is 4.46. The maximum Gasteiger partial charge on any atom is 0.307 e. The molecule has 0 aromatic heterocycles. The van der Waals surface area contributed by atoms with Crippen molar-refractivity contribution in [2.45, 2.75) is 28.7 Å². The average molecular weight is 178 g/mol. The topological polar surface area (TPSA) is 74.6 Å². The van der Waals surface area contributed by atoms with Gasteiger partial charge in [-0.15, -0.1) is 0 Å². The van der Waals surface area contributed by atoms with Crippen molar-refractivity contribution < 1.29 is 19.8 Å². The third kappa shape index (κ3) is 4.71. The van der Waals surface area contributed by atoms with Gasteiger partial charge >= 0.3 is 11.9 Å². The summed E-state index contributed by atoms with van der Waals surface area (Å²) in [6.07, 6.45) is 0. The Hall–Kier alpha value is -1.06. The van der Waals surface area contributed by atoms with Gasteiger partial charge in [-0.1, -0.05) is 28.7 Å². The van der Waals surface area contributed by atoms with Crippen LogP contribution in [0.25, 0.3) is 0 Å². The second-order valence-corrected chi connectivity index (χ2v) is 2.25. The molecule has 0 bridgehead atoms. The molecule has 2 N–H and O–H groups in total. The number of hydrogen-bond acceptors (Lipinski definition) is 2. The van der Waals surface area contributed by atoms with Crippen LogP contribution < -0.4 is 0 Å². The summed E-state index contributed by atoms with van der Waals surface area (Å²) in [7, 11) is 0. The van der Waals surface area contributed by atoms with E-state index >= 15 is 0 Å². The van der Waals surface area contributed by atoms with Gasteiger partial charge in [-0.3, -0.25) is 9.59 Å². The molecule has 74 valence electrons. The summed E-state index contributed by atoms with van der Waals surface area (Å²) >= 11 is 0. The molecular formula is C8H18O4. The van der Waals surface area contributed by atoms with Crippen LogP contribution in [0.3, 0.4) is 0 Å². The molecule has 0 saturated carbocycles. The van der Waals surface area contributed by atoms with E-state index in [2.05, 4.69) is 0 Å². The lowest BCUT2D eigenvalue weighted by Crippen LogP contribution is -2.24. The summed E-state index contributed by atoms with van der Waals surface area (Å²) in [4.78, 5) is 20.4. The zero-order valence-corrected chi connectivity index (χ0v) is 5.87. The number of hydrogen-bond donors (Lipinski definition) is 2. The monoisotopic (exact) mass is 178 g/mol. The standard InChI is InChI=1S/C6H10O4.2CH4/c1-3(5(7)8)4(2)6(9)10;;/h3-4H,1-2H3,(H,7,8)(H,9,10);2*1H4. The van der Waals surface area contributed by atoms with Crippen molar-refractivity contribution in [1.29, 1.82) is 0 Å². The highest BCUT2D eigenvalue weighted by Gasteiger charge is 2.24. The van der Waals surface area contributed by atoms with Crippen molar-refractivity contribution in [2.75, 3.05) is 0 Å². The molecule has 0 aliphatic carbocycles. The number of aliphatic carboxylic acids is 2. The van der Waals surface area contributed by atoms with E-state index in [1.54, 1.807) is 0 Å². The summed E-state index contributed by atoms with van der Waals surface area (Å²) in [5, 5.41) is 16.7. The lowest BCUT2D eigenvalue weighted by atomic mass is 9.97. The molecule has 0 aromatic rings. The normalized spacial score (nSPS) is 13.2. The molecule has 0 fully saturated rings. The van der Waals surface area contributed by atoms with Gasteiger partial charge in [0.1, 0.15) is 0 Å². The zero-order chi connectivity index (χ0) is 8.31. The Balaban J connectivity index is -0.000000405. The molecule has 4 nitrogen and oxygen atoms in total. The number of carboxylic acids is 2. The van der Waals surface area contributed by atoms with E-state index < -0.39 is 23.8 Å². The Bertz CT molecular complexity index is 135. The van der Waals surface area contributed by atoms with Gasteiger partial charge in [0, 0.05) is 0 Å². The molecule has 4 heteroatoms. The third-order valence-electron chi connectivity index (χ3n) is 1.53. The van der Waals surface area contributed by atoms with Crippen LogP contribution in [0.1, 0.15) is 28.7 Å². The van der Waals surface area contributed by atoms with Gasteiger partial charge < -0.3 is 10.2 Å². The summed E-state index contributed by atoms with van der Waals surface area (Å²) in [5.41, 5.74) is 0. The van der Waals surface area contributed by atoms with Crippen molar-refractivity contribution in [1.82, 2.24) is 0 Å². The third-order valence-corrected chi connectivity index (χ3v) is 1.53. The molecule has 0 heterocycles. The second kappa shape index (κ2) is 6.64. The van der Waals surface area contributed by atoms with E-state index in [4.69, 9.17) is 10.2 Å². The van der Waals surface area contributed by atoms with Crippen LogP contribution in [0.15, 0.2) is 0 Å². The molecule has 12 heavy (non-hydrogen) atoms. The van der Waals surface area contributed by atoms with Crippen LogP contribution in [-0.2, 0) is 9.59 Å². The first-order valence-electron chi connectivity index (χ1n) is 2.92. The molecule has 0 saturated heterocycles. The maximum absolute atomic E-state index is 10.2. The predicted molar refractivity (Wildman–Crippen MR) is 47.1 cm³/mol. The van der Waals surface area contributed by atoms with Gasteiger partial charge in [-0.25, -0.2) is 0 Å².